The summed E-state index contributed by atoms with van der Waals surface area (Å²) >= 11 is 0. The smallest absolute Gasteiger partial charge is 0.118 e. The molecule has 0 bridgehead atoms. The van der Waals surface area contributed by atoms with Gasteiger partial charge in [-0.25, -0.2) is 0 Å². The summed E-state index contributed by atoms with van der Waals surface area (Å²) in [6, 6.07) is 18.5. The summed E-state index contributed by atoms with van der Waals surface area (Å²) in [4.78, 5) is 0. The highest BCUT2D eigenvalue weighted by Crippen LogP contribution is 2.20. The van der Waals surface area contributed by atoms with Gasteiger partial charge in [0.25, 0.3) is 0 Å². The van der Waals surface area contributed by atoms with E-state index < -0.39 is 0 Å². The molecule has 0 atom stereocenters. The average Bonchev–Trinajstić information content (AvgIpc) is 2.40. The molecular formula is C16H16O. The maximum absolute atomic E-state index is 5.15. The first kappa shape index (κ1) is 11.5. The Morgan fingerprint density at radius 3 is 2.18 bits per heavy atom. The maximum atomic E-state index is 5.15. The number of allylic oxidation sites excluding steroid dienone is 1. The SMILES string of the molecule is COc1ccc(/C(C)=C/c2ccccc2)cc1. The predicted molar refractivity (Wildman–Crippen MR) is 73.0 cm³/mol. The van der Waals surface area contributed by atoms with Crippen LogP contribution in [0.3, 0.4) is 0 Å². The molecule has 0 heterocycles. The molecule has 17 heavy (non-hydrogen) atoms. The van der Waals surface area contributed by atoms with Gasteiger partial charge in [-0.1, -0.05) is 48.5 Å². The Morgan fingerprint density at radius 2 is 1.59 bits per heavy atom. The molecule has 0 unspecified atom stereocenters. The van der Waals surface area contributed by atoms with Crippen molar-refractivity contribution in [3.05, 3.63) is 65.7 Å². The minimum Gasteiger partial charge on any atom is -0.497 e. The van der Waals surface area contributed by atoms with E-state index in [1.54, 1.807) is 7.11 Å². The molecule has 2 aromatic carbocycles. The van der Waals surface area contributed by atoms with Crippen molar-refractivity contribution in [2.75, 3.05) is 7.11 Å². The Kier molecular flexibility index (Phi) is 3.61. The number of hydrogen-bond acceptors (Lipinski definition) is 1. The third-order valence-corrected chi connectivity index (χ3v) is 2.73. The van der Waals surface area contributed by atoms with E-state index in [1.807, 2.05) is 30.3 Å². The normalized spacial score (nSPS) is 11.3. The zero-order chi connectivity index (χ0) is 12.1. The number of rotatable bonds is 3. The van der Waals surface area contributed by atoms with Crippen LogP contribution in [0.1, 0.15) is 18.1 Å². The van der Waals surface area contributed by atoms with Crippen molar-refractivity contribution < 1.29 is 4.74 Å². The van der Waals surface area contributed by atoms with E-state index in [0.717, 1.165) is 5.75 Å². The first-order chi connectivity index (χ1) is 8.29. The number of hydrogen-bond donors (Lipinski definition) is 0. The number of benzene rings is 2. The van der Waals surface area contributed by atoms with Gasteiger partial charge in [0.2, 0.25) is 0 Å². The van der Waals surface area contributed by atoms with Crippen LogP contribution in [0.5, 0.6) is 5.75 Å². The molecule has 0 radical (unpaired) electrons. The monoisotopic (exact) mass is 224 g/mol. The highest BCUT2D eigenvalue weighted by Gasteiger charge is 1.96. The molecule has 0 saturated carbocycles. The molecule has 0 aliphatic heterocycles. The summed E-state index contributed by atoms with van der Waals surface area (Å²) < 4.78 is 5.15. The van der Waals surface area contributed by atoms with E-state index in [1.165, 1.54) is 16.7 Å². The van der Waals surface area contributed by atoms with Gasteiger partial charge in [0, 0.05) is 0 Å². The summed E-state index contributed by atoms with van der Waals surface area (Å²) in [5.41, 5.74) is 3.69. The van der Waals surface area contributed by atoms with E-state index >= 15 is 0 Å². The predicted octanol–water partition coefficient (Wildman–Crippen LogP) is 4.26. The van der Waals surface area contributed by atoms with Crippen molar-refractivity contribution in [3.8, 4) is 5.75 Å². The molecule has 0 fully saturated rings. The lowest BCUT2D eigenvalue weighted by molar-refractivity contribution is 0.415. The first-order valence-electron chi connectivity index (χ1n) is 5.67. The van der Waals surface area contributed by atoms with Crippen LogP contribution in [0.2, 0.25) is 0 Å². The van der Waals surface area contributed by atoms with Gasteiger partial charge >= 0.3 is 0 Å². The summed E-state index contributed by atoms with van der Waals surface area (Å²) in [6.07, 6.45) is 2.18. The van der Waals surface area contributed by atoms with Gasteiger partial charge in [0.1, 0.15) is 5.75 Å². The van der Waals surface area contributed by atoms with Crippen molar-refractivity contribution in [1.82, 2.24) is 0 Å². The van der Waals surface area contributed by atoms with Gasteiger partial charge < -0.3 is 4.74 Å². The number of ether oxygens (including phenoxy) is 1. The summed E-state index contributed by atoms with van der Waals surface area (Å²) in [5.74, 6) is 0.890. The standard InChI is InChI=1S/C16H16O/c1-13(12-14-6-4-3-5-7-14)15-8-10-16(17-2)11-9-15/h3-12H,1-2H3/b13-12+. The zero-order valence-electron chi connectivity index (χ0n) is 10.2. The van der Waals surface area contributed by atoms with E-state index in [0.29, 0.717) is 0 Å². The van der Waals surface area contributed by atoms with Crippen molar-refractivity contribution in [2.24, 2.45) is 0 Å². The van der Waals surface area contributed by atoms with Gasteiger partial charge in [0.15, 0.2) is 0 Å². The lowest BCUT2D eigenvalue weighted by atomic mass is 10.0. The lowest BCUT2D eigenvalue weighted by Crippen LogP contribution is -1.84. The van der Waals surface area contributed by atoms with Crippen molar-refractivity contribution in [3.63, 3.8) is 0 Å². The Bertz CT molecular complexity index is 495. The molecule has 0 aliphatic rings. The molecule has 2 rings (SSSR count). The van der Waals surface area contributed by atoms with Crippen LogP contribution in [-0.2, 0) is 0 Å². The molecule has 86 valence electrons. The topological polar surface area (TPSA) is 9.23 Å². The molecule has 0 aromatic heterocycles. The van der Waals surface area contributed by atoms with Crippen molar-refractivity contribution in [2.45, 2.75) is 6.92 Å². The second kappa shape index (κ2) is 5.35. The Morgan fingerprint density at radius 1 is 0.941 bits per heavy atom. The minimum atomic E-state index is 0.890. The van der Waals surface area contributed by atoms with E-state index in [9.17, 15) is 0 Å². The molecule has 1 heteroatoms. The third kappa shape index (κ3) is 2.97. The molecule has 0 aliphatic carbocycles. The van der Waals surface area contributed by atoms with Gasteiger partial charge in [-0.05, 0) is 35.8 Å². The second-order valence-corrected chi connectivity index (χ2v) is 3.97. The molecule has 2 aromatic rings. The molecule has 0 saturated heterocycles. The highest BCUT2D eigenvalue weighted by atomic mass is 16.5. The second-order valence-electron chi connectivity index (χ2n) is 3.97. The largest absolute Gasteiger partial charge is 0.497 e. The first-order valence-corrected chi connectivity index (χ1v) is 5.67. The lowest BCUT2D eigenvalue weighted by Gasteiger charge is -2.04. The van der Waals surface area contributed by atoms with Crippen LogP contribution in [0.4, 0.5) is 0 Å². The zero-order valence-corrected chi connectivity index (χ0v) is 10.2. The minimum absolute atomic E-state index is 0.890. The molecule has 1 nitrogen and oxygen atoms in total. The van der Waals surface area contributed by atoms with Crippen molar-refractivity contribution >= 4 is 11.6 Å². The van der Waals surface area contributed by atoms with Gasteiger partial charge in [-0.15, -0.1) is 0 Å². The molecular weight excluding hydrogens is 208 g/mol. The quantitative estimate of drug-likeness (QED) is 0.708. The fourth-order valence-electron chi connectivity index (χ4n) is 1.74. The van der Waals surface area contributed by atoms with Gasteiger partial charge in [0.05, 0.1) is 7.11 Å². The third-order valence-electron chi connectivity index (χ3n) is 2.73. The number of methoxy groups -OCH3 is 1. The summed E-state index contributed by atoms with van der Waals surface area (Å²) in [7, 11) is 1.68. The summed E-state index contributed by atoms with van der Waals surface area (Å²) in [6.45, 7) is 2.12. The van der Waals surface area contributed by atoms with Gasteiger partial charge in [-0.2, -0.15) is 0 Å². The maximum Gasteiger partial charge on any atom is 0.118 e. The van der Waals surface area contributed by atoms with Crippen LogP contribution in [0, 0.1) is 0 Å². The van der Waals surface area contributed by atoms with E-state index in [4.69, 9.17) is 4.74 Å². The van der Waals surface area contributed by atoms with Crippen molar-refractivity contribution in [1.29, 1.82) is 0 Å². The van der Waals surface area contributed by atoms with E-state index in [2.05, 4.69) is 37.3 Å². The molecule has 0 spiro atoms. The Labute approximate surface area is 102 Å². The van der Waals surface area contributed by atoms with Crippen LogP contribution in [0.25, 0.3) is 11.6 Å². The van der Waals surface area contributed by atoms with Crippen LogP contribution in [0.15, 0.2) is 54.6 Å². The van der Waals surface area contributed by atoms with Crippen LogP contribution < -0.4 is 4.74 Å². The van der Waals surface area contributed by atoms with Crippen LogP contribution in [-0.4, -0.2) is 7.11 Å². The Balaban J connectivity index is 2.24. The van der Waals surface area contributed by atoms with Crippen LogP contribution >= 0.6 is 0 Å². The van der Waals surface area contributed by atoms with Gasteiger partial charge in [-0.3, -0.25) is 0 Å². The Hall–Kier alpha value is -2.02. The molecule has 0 amide bonds. The van der Waals surface area contributed by atoms with E-state index in [-0.39, 0.29) is 0 Å². The average molecular weight is 224 g/mol. The molecule has 0 N–H and O–H groups in total. The highest BCUT2D eigenvalue weighted by molar-refractivity contribution is 5.80. The fraction of sp³-hybridized carbons (Fsp3) is 0.125. The summed E-state index contributed by atoms with van der Waals surface area (Å²) in [5, 5.41) is 0. The fourth-order valence-corrected chi connectivity index (χ4v) is 1.74.